The van der Waals surface area contributed by atoms with Crippen molar-refractivity contribution in [2.45, 2.75) is 52.3 Å². The van der Waals surface area contributed by atoms with Gasteiger partial charge in [0.15, 0.2) is 0 Å². The zero-order chi connectivity index (χ0) is 11.4. The normalized spacial score (nSPS) is 18.6. The van der Waals surface area contributed by atoms with Crippen molar-refractivity contribution in [1.82, 2.24) is 0 Å². The number of hydrogen-bond donors (Lipinski definition) is 0. The van der Waals surface area contributed by atoms with Crippen LogP contribution in [0, 0.1) is 0 Å². The van der Waals surface area contributed by atoms with Crippen LogP contribution in [0.1, 0.15) is 57.8 Å². The highest BCUT2D eigenvalue weighted by molar-refractivity contribution is 5.78. The van der Waals surface area contributed by atoms with Gasteiger partial charge < -0.3 is 0 Å². The zero-order valence-electron chi connectivity index (χ0n) is 10.7. The van der Waals surface area contributed by atoms with E-state index >= 15 is 0 Å². The molecule has 1 nitrogen and oxygen atoms in total. The van der Waals surface area contributed by atoms with Crippen LogP contribution < -0.4 is 0 Å². The lowest BCUT2D eigenvalue weighted by Gasteiger charge is -1.96. The standard InChI is InChI=1S/C9H18O/c1-3-5-7-9(10)8-6-4-2/h3-8H2,1-2H3/i7D2,8D2. The lowest BCUT2D eigenvalue weighted by Crippen LogP contribution is -1.96. The van der Waals surface area contributed by atoms with Gasteiger partial charge in [0.25, 0.3) is 0 Å². The lowest BCUT2D eigenvalue weighted by molar-refractivity contribution is -0.119. The summed E-state index contributed by atoms with van der Waals surface area (Å²) in [5, 5.41) is 0. The van der Waals surface area contributed by atoms with Crippen LogP contribution in [0.15, 0.2) is 0 Å². The summed E-state index contributed by atoms with van der Waals surface area (Å²) >= 11 is 0. The van der Waals surface area contributed by atoms with Crippen molar-refractivity contribution in [3.8, 4) is 0 Å². The molecule has 60 valence electrons. The van der Waals surface area contributed by atoms with Crippen LogP contribution in [0.3, 0.4) is 0 Å². The minimum Gasteiger partial charge on any atom is -0.300 e. The molecule has 10 heavy (non-hydrogen) atoms. The second-order valence-electron chi connectivity index (χ2n) is 2.18. The molecule has 0 radical (unpaired) electrons. The molecular weight excluding hydrogens is 124 g/mol. The molecule has 1 heteroatoms. The highest BCUT2D eigenvalue weighted by atomic mass is 16.1. The van der Waals surface area contributed by atoms with E-state index in [1.807, 2.05) is 0 Å². The summed E-state index contributed by atoms with van der Waals surface area (Å²) in [6.45, 7) is 3.56. The molecule has 0 atom stereocenters. The van der Waals surface area contributed by atoms with Crippen molar-refractivity contribution in [2.75, 3.05) is 0 Å². The van der Waals surface area contributed by atoms with Crippen LogP contribution in [0.5, 0.6) is 0 Å². The minimum atomic E-state index is -2.02. The van der Waals surface area contributed by atoms with Gasteiger partial charge in [0.2, 0.25) is 0 Å². The first-order chi connectivity index (χ1) is 6.28. The van der Waals surface area contributed by atoms with Crippen molar-refractivity contribution in [2.24, 2.45) is 0 Å². The van der Waals surface area contributed by atoms with E-state index in [1.54, 1.807) is 13.8 Å². The van der Waals surface area contributed by atoms with Gasteiger partial charge in [-0.1, -0.05) is 26.7 Å². The van der Waals surface area contributed by atoms with Crippen molar-refractivity contribution in [1.29, 1.82) is 0 Å². The van der Waals surface area contributed by atoms with Crippen molar-refractivity contribution in [3.63, 3.8) is 0 Å². The molecule has 0 aromatic carbocycles. The Morgan fingerprint density at radius 2 is 1.60 bits per heavy atom. The van der Waals surface area contributed by atoms with Crippen LogP contribution >= 0.6 is 0 Å². The third kappa shape index (κ3) is 5.80. The molecule has 0 aliphatic carbocycles. The van der Waals surface area contributed by atoms with Crippen molar-refractivity contribution in [3.05, 3.63) is 0 Å². The number of hydrogen-bond acceptors (Lipinski definition) is 1. The first-order valence-corrected chi connectivity index (χ1v) is 3.83. The topological polar surface area (TPSA) is 17.1 Å². The van der Waals surface area contributed by atoms with Gasteiger partial charge in [-0.3, -0.25) is 4.79 Å². The van der Waals surface area contributed by atoms with Crippen molar-refractivity contribution >= 4 is 5.78 Å². The first kappa shape index (κ1) is 4.53. The fourth-order valence-corrected chi connectivity index (χ4v) is 0.540. The molecule has 0 saturated carbocycles. The monoisotopic (exact) mass is 146 g/mol. The predicted octanol–water partition coefficient (Wildman–Crippen LogP) is 2.94. The Morgan fingerprint density at radius 1 is 1.20 bits per heavy atom. The largest absolute Gasteiger partial charge is 0.300 e. The highest BCUT2D eigenvalue weighted by Gasteiger charge is 1.98. The fourth-order valence-electron chi connectivity index (χ4n) is 0.540. The van der Waals surface area contributed by atoms with E-state index in [1.165, 1.54) is 0 Å². The predicted molar refractivity (Wildman–Crippen MR) is 44.1 cm³/mol. The number of carbonyl (C=O) groups is 1. The fraction of sp³-hybridized carbons (Fsp3) is 0.889. The SMILES string of the molecule is [2H]C([2H])(CCC)C(=O)C([2H])([2H])CCC. The Hall–Kier alpha value is -0.330. The second-order valence-corrected chi connectivity index (χ2v) is 2.18. The average molecular weight is 146 g/mol. The molecule has 0 fully saturated rings. The Bertz CT molecular complexity index is 181. The van der Waals surface area contributed by atoms with E-state index < -0.39 is 18.5 Å². The maximum absolute atomic E-state index is 11.5. The maximum Gasteiger partial charge on any atom is 0.132 e. The van der Waals surface area contributed by atoms with Gasteiger partial charge in [-0.05, 0) is 12.8 Å². The van der Waals surface area contributed by atoms with E-state index in [-0.39, 0.29) is 12.8 Å². The van der Waals surface area contributed by atoms with E-state index in [4.69, 9.17) is 5.48 Å². The molecule has 0 unspecified atom stereocenters. The summed E-state index contributed by atoms with van der Waals surface area (Å²) in [6.07, 6.45) is -2.77. The quantitative estimate of drug-likeness (QED) is 0.563. The third-order valence-corrected chi connectivity index (χ3v) is 1.07. The van der Waals surface area contributed by atoms with Gasteiger partial charge in [0, 0.05) is 18.2 Å². The number of ketones is 1. The van der Waals surface area contributed by atoms with E-state index in [0.717, 1.165) is 0 Å². The lowest BCUT2D eigenvalue weighted by atomic mass is 10.1. The average Bonchev–Trinajstić information content (AvgIpc) is 2.02. The van der Waals surface area contributed by atoms with Gasteiger partial charge in [-0.2, -0.15) is 0 Å². The van der Waals surface area contributed by atoms with Crippen LogP contribution in [0.2, 0.25) is 0 Å². The Labute approximate surface area is 69.4 Å². The molecule has 0 aliphatic heterocycles. The summed E-state index contributed by atoms with van der Waals surface area (Å²) < 4.78 is 29.8. The molecule has 0 aliphatic rings. The Balaban J connectivity index is 4.58. The number of Topliss-reactive ketones (excluding diaryl/α,β-unsaturated/α-hetero) is 1. The van der Waals surface area contributed by atoms with Gasteiger partial charge in [-0.15, -0.1) is 0 Å². The van der Waals surface area contributed by atoms with E-state index in [0.29, 0.717) is 12.8 Å². The first-order valence-electron chi connectivity index (χ1n) is 5.83. The minimum absolute atomic E-state index is 0.0923. The zero-order valence-corrected chi connectivity index (χ0v) is 6.74. The summed E-state index contributed by atoms with van der Waals surface area (Å²) in [6, 6.07) is 0. The smallest absolute Gasteiger partial charge is 0.132 e. The molecule has 0 N–H and O–H groups in total. The molecule has 0 heterocycles. The van der Waals surface area contributed by atoms with Gasteiger partial charge in [-0.25, -0.2) is 0 Å². The number of carbonyl (C=O) groups excluding carboxylic acids is 1. The summed E-state index contributed by atoms with van der Waals surface area (Å²) in [5.74, 6) is -0.909. The molecule has 0 aromatic rings. The molecule has 0 spiro atoms. The molecule has 0 amide bonds. The van der Waals surface area contributed by atoms with E-state index in [2.05, 4.69) is 0 Å². The Kier molecular flexibility index (Phi) is 3.07. The maximum atomic E-state index is 11.5. The summed E-state index contributed by atoms with van der Waals surface area (Å²) in [7, 11) is 0. The van der Waals surface area contributed by atoms with Gasteiger partial charge in [0.05, 0.1) is 0 Å². The van der Waals surface area contributed by atoms with E-state index in [9.17, 15) is 4.79 Å². The highest BCUT2D eigenvalue weighted by Crippen LogP contribution is 2.02. The molecule has 0 bridgehead atoms. The second kappa shape index (κ2) is 6.79. The van der Waals surface area contributed by atoms with Crippen LogP contribution in [0.4, 0.5) is 0 Å². The molecular formula is C9H18O. The summed E-state index contributed by atoms with van der Waals surface area (Å²) in [4.78, 5) is 11.5. The van der Waals surface area contributed by atoms with Gasteiger partial charge in [0.1, 0.15) is 5.78 Å². The van der Waals surface area contributed by atoms with Crippen molar-refractivity contribution < 1.29 is 10.3 Å². The van der Waals surface area contributed by atoms with Gasteiger partial charge >= 0.3 is 0 Å². The molecule has 0 saturated heterocycles. The van der Waals surface area contributed by atoms with Crippen LogP contribution in [-0.4, -0.2) is 5.78 Å². The Morgan fingerprint density at radius 3 is 1.90 bits per heavy atom. The molecule has 0 rings (SSSR count). The third-order valence-electron chi connectivity index (χ3n) is 1.07. The number of rotatable bonds is 6. The van der Waals surface area contributed by atoms with Crippen LogP contribution in [-0.2, 0) is 4.79 Å². The summed E-state index contributed by atoms with van der Waals surface area (Å²) in [5.41, 5.74) is 0. The van der Waals surface area contributed by atoms with Crippen LogP contribution in [0.25, 0.3) is 0 Å². The molecule has 0 aromatic heterocycles.